The van der Waals surface area contributed by atoms with Gasteiger partial charge in [-0.2, -0.15) is 0 Å². The third kappa shape index (κ3) is 2.71. The van der Waals surface area contributed by atoms with Gasteiger partial charge in [0.25, 0.3) is 5.56 Å². The highest BCUT2D eigenvalue weighted by atomic mass is 35.5. The maximum absolute atomic E-state index is 11.0. The Morgan fingerprint density at radius 1 is 1.85 bits per heavy atom. The second kappa shape index (κ2) is 4.25. The monoisotopic (exact) mass is 203 g/mol. The van der Waals surface area contributed by atoms with Crippen molar-refractivity contribution in [1.29, 1.82) is 0 Å². The zero-order chi connectivity index (χ0) is 9.84. The lowest BCUT2D eigenvalue weighted by atomic mass is 10.4. The van der Waals surface area contributed by atoms with E-state index in [1.165, 1.54) is 6.20 Å². The summed E-state index contributed by atoms with van der Waals surface area (Å²) in [4.78, 5) is 17.2. The summed E-state index contributed by atoms with van der Waals surface area (Å²) in [5, 5.41) is 11.5. The summed E-state index contributed by atoms with van der Waals surface area (Å²) in [7, 11) is 0. The van der Waals surface area contributed by atoms with Gasteiger partial charge < -0.3 is 10.4 Å². The highest BCUT2D eigenvalue weighted by Crippen LogP contribution is 2.00. The molecule has 1 heterocycles. The molecule has 3 N–H and O–H groups in total. The number of aliphatic hydroxyl groups excluding tert-OH is 1. The Morgan fingerprint density at radius 3 is 3.08 bits per heavy atom. The molecule has 1 rings (SSSR count). The van der Waals surface area contributed by atoms with Gasteiger partial charge in [0.05, 0.1) is 12.8 Å². The predicted octanol–water partition coefficient (Wildman–Crippen LogP) is 0.216. The van der Waals surface area contributed by atoms with Crippen LogP contribution in [0.1, 0.15) is 6.92 Å². The van der Waals surface area contributed by atoms with Crippen LogP contribution in [0.15, 0.2) is 11.0 Å². The van der Waals surface area contributed by atoms with Crippen molar-refractivity contribution in [3.63, 3.8) is 0 Å². The zero-order valence-corrected chi connectivity index (χ0v) is 7.80. The standard InChI is InChI=1S/C7H10ClN3O2/c1-4(3-12)10-7-9-2-5(8)6(13)11-7/h2,4,12H,3H2,1H3,(H2,9,10,11,13). The summed E-state index contributed by atoms with van der Waals surface area (Å²) >= 11 is 5.47. The summed E-state index contributed by atoms with van der Waals surface area (Å²) in [5.74, 6) is 0.302. The van der Waals surface area contributed by atoms with Gasteiger partial charge in [0.2, 0.25) is 5.95 Å². The van der Waals surface area contributed by atoms with Gasteiger partial charge in [-0.25, -0.2) is 4.98 Å². The van der Waals surface area contributed by atoms with E-state index in [4.69, 9.17) is 16.7 Å². The molecule has 5 nitrogen and oxygen atoms in total. The lowest BCUT2D eigenvalue weighted by Gasteiger charge is -2.09. The number of hydrogen-bond donors (Lipinski definition) is 3. The van der Waals surface area contributed by atoms with Crippen molar-refractivity contribution in [3.8, 4) is 0 Å². The van der Waals surface area contributed by atoms with Crippen molar-refractivity contribution in [2.24, 2.45) is 0 Å². The van der Waals surface area contributed by atoms with E-state index in [0.717, 1.165) is 0 Å². The smallest absolute Gasteiger partial charge is 0.271 e. The Labute approximate surface area is 79.8 Å². The van der Waals surface area contributed by atoms with E-state index in [1.807, 2.05) is 0 Å². The van der Waals surface area contributed by atoms with Gasteiger partial charge in [0, 0.05) is 6.04 Å². The quantitative estimate of drug-likeness (QED) is 0.657. The molecule has 0 fully saturated rings. The van der Waals surface area contributed by atoms with Crippen LogP contribution in [0.5, 0.6) is 0 Å². The summed E-state index contributed by atoms with van der Waals surface area (Å²) in [5.41, 5.74) is -0.399. The first-order valence-electron chi connectivity index (χ1n) is 3.75. The Hall–Kier alpha value is -1.07. The Bertz CT molecular complexity index is 339. The topological polar surface area (TPSA) is 78.0 Å². The molecule has 1 unspecified atom stereocenters. The first-order valence-corrected chi connectivity index (χ1v) is 4.13. The van der Waals surface area contributed by atoms with Gasteiger partial charge in [-0.1, -0.05) is 11.6 Å². The van der Waals surface area contributed by atoms with E-state index in [-0.39, 0.29) is 17.7 Å². The van der Waals surface area contributed by atoms with E-state index in [2.05, 4.69) is 15.3 Å². The number of H-pyrrole nitrogens is 1. The van der Waals surface area contributed by atoms with Crippen LogP contribution in [0, 0.1) is 0 Å². The fraction of sp³-hybridized carbons (Fsp3) is 0.429. The Kier molecular flexibility index (Phi) is 3.27. The van der Waals surface area contributed by atoms with Gasteiger partial charge in [-0.05, 0) is 6.92 Å². The Morgan fingerprint density at radius 2 is 2.54 bits per heavy atom. The van der Waals surface area contributed by atoms with Gasteiger partial charge in [-0.3, -0.25) is 9.78 Å². The normalized spacial score (nSPS) is 12.5. The number of aliphatic hydroxyl groups is 1. The second-order valence-electron chi connectivity index (χ2n) is 2.64. The number of nitrogens with one attached hydrogen (secondary N) is 2. The van der Waals surface area contributed by atoms with Crippen molar-refractivity contribution < 1.29 is 5.11 Å². The summed E-state index contributed by atoms with van der Waals surface area (Å²) in [6.07, 6.45) is 1.26. The molecule has 72 valence electrons. The van der Waals surface area contributed by atoms with Gasteiger partial charge in [0.1, 0.15) is 5.02 Å². The molecule has 0 aliphatic carbocycles. The van der Waals surface area contributed by atoms with E-state index >= 15 is 0 Å². The summed E-state index contributed by atoms with van der Waals surface area (Å²) < 4.78 is 0. The predicted molar refractivity (Wildman–Crippen MR) is 50.0 cm³/mol. The number of nitrogens with zero attached hydrogens (tertiary/aromatic N) is 1. The molecule has 0 spiro atoms. The zero-order valence-electron chi connectivity index (χ0n) is 7.04. The number of hydrogen-bond acceptors (Lipinski definition) is 4. The van der Waals surface area contributed by atoms with Crippen LogP contribution in [-0.2, 0) is 0 Å². The van der Waals surface area contributed by atoms with Crippen molar-refractivity contribution in [1.82, 2.24) is 9.97 Å². The fourth-order valence-electron chi connectivity index (χ4n) is 0.732. The largest absolute Gasteiger partial charge is 0.394 e. The second-order valence-corrected chi connectivity index (χ2v) is 3.04. The minimum absolute atomic E-state index is 0.0354. The van der Waals surface area contributed by atoms with Gasteiger partial charge in [-0.15, -0.1) is 0 Å². The van der Waals surface area contributed by atoms with Crippen LogP contribution in [0.2, 0.25) is 5.02 Å². The summed E-state index contributed by atoms with van der Waals surface area (Å²) in [6.45, 7) is 1.72. The molecule has 1 aromatic rings. The molecule has 13 heavy (non-hydrogen) atoms. The Balaban J connectivity index is 2.80. The van der Waals surface area contributed by atoms with Crippen LogP contribution in [0.3, 0.4) is 0 Å². The number of aromatic amines is 1. The maximum atomic E-state index is 11.0. The number of halogens is 1. The number of anilines is 1. The third-order valence-electron chi connectivity index (χ3n) is 1.41. The molecule has 0 aliphatic rings. The van der Waals surface area contributed by atoms with Crippen LogP contribution in [0.25, 0.3) is 0 Å². The van der Waals surface area contributed by atoms with E-state index in [0.29, 0.717) is 5.95 Å². The SMILES string of the molecule is CC(CO)Nc1ncc(Cl)c(=O)[nH]1. The molecule has 0 aromatic carbocycles. The van der Waals surface area contributed by atoms with Crippen LogP contribution in [-0.4, -0.2) is 27.7 Å². The van der Waals surface area contributed by atoms with Crippen molar-refractivity contribution in [2.75, 3.05) is 11.9 Å². The highest BCUT2D eigenvalue weighted by molar-refractivity contribution is 6.30. The highest BCUT2D eigenvalue weighted by Gasteiger charge is 2.02. The molecular formula is C7H10ClN3O2. The maximum Gasteiger partial charge on any atom is 0.271 e. The number of rotatable bonds is 3. The molecule has 1 aromatic heterocycles. The van der Waals surface area contributed by atoms with Crippen LogP contribution < -0.4 is 10.9 Å². The molecule has 0 saturated carbocycles. The first-order chi connectivity index (χ1) is 6.13. The first kappa shape index (κ1) is 10.0. The molecule has 0 aliphatic heterocycles. The molecular weight excluding hydrogens is 194 g/mol. The van der Waals surface area contributed by atoms with Gasteiger partial charge in [0.15, 0.2) is 0 Å². The fourth-order valence-corrected chi connectivity index (χ4v) is 0.828. The average molecular weight is 204 g/mol. The van der Waals surface area contributed by atoms with E-state index in [9.17, 15) is 4.79 Å². The average Bonchev–Trinajstić information content (AvgIpc) is 2.11. The van der Waals surface area contributed by atoms with Crippen molar-refractivity contribution in [3.05, 3.63) is 21.6 Å². The summed E-state index contributed by atoms with van der Waals surface area (Å²) in [6, 6.07) is -0.163. The molecule has 0 amide bonds. The van der Waals surface area contributed by atoms with E-state index in [1.54, 1.807) is 6.92 Å². The molecule has 6 heteroatoms. The number of aromatic nitrogens is 2. The minimum Gasteiger partial charge on any atom is -0.394 e. The minimum atomic E-state index is -0.399. The third-order valence-corrected chi connectivity index (χ3v) is 1.68. The van der Waals surface area contributed by atoms with Crippen LogP contribution >= 0.6 is 11.6 Å². The van der Waals surface area contributed by atoms with Crippen LogP contribution in [0.4, 0.5) is 5.95 Å². The lowest BCUT2D eigenvalue weighted by Crippen LogP contribution is -2.23. The molecule has 1 atom stereocenters. The van der Waals surface area contributed by atoms with Gasteiger partial charge >= 0.3 is 0 Å². The molecule has 0 saturated heterocycles. The molecule has 0 bridgehead atoms. The molecule has 0 radical (unpaired) electrons. The van der Waals surface area contributed by atoms with Crippen molar-refractivity contribution in [2.45, 2.75) is 13.0 Å². The lowest BCUT2D eigenvalue weighted by molar-refractivity contribution is 0.281. The van der Waals surface area contributed by atoms with Crippen molar-refractivity contribution >= 4 is 17.5 Å². The van der Waals surface area contributed by atoms with E-state index < -0.39 is 5.56 Å².